The molecule has 0 N–H and O–H groups in total. The molecule has 1 aromatic rings. The molecule has 1 nitrogen and oxygen atoms in total. The second kappa shape index (κ2) is 5.59. The highest BCUT2D eigenvalue weighted by Crippen LogP contribution is 2.26. The summed E-state index contributed by atoms with van der Waals surface area (Å²) in [5.74, 6) is 0. The molecular formula is C11H14Cl2O. The van der Waals surface area contributed by atoms with Gasteiger partial charge in [0, 0.05) is 0 Å². The van der Waals surface area contributed by atoms with Crippen LogP contribution in [0.5, 0.6) is 0 Å². The molecule has 1 rings (SSSR count). The average Bonchev–Trinajstić information content (AvgIpc) is 2.20. The molecule has 0 amide bonds. The molecule has 0 saturated carbocycles. The van der Waals surface area contributed by atoms with Crippen LogP contribution in [0.4, 0.5) is 0 Å². The van der Waals surface area contributed by atoms with E-state index in [9.17, 15) is 0 Å². The fourth-order valence-corrected chi connectivity index (χ4v) is 1.38. The van der Waals surface area contributed by atoms with Crippen molar-refractivity contribution in [2.45, 2.75) is 33.0 Å². The Hall–Kier alpha value is -0.240. The maximum atomic E-state index is 6.01. The summed E-state index contributed by atoms with van der Waals surface area (Å²) in [6.45, 7) is 4.65. The maximum Gasteiger partial charge on any atom is 0.0735 e. The Kier molecular flexibility index (Phi) is 4.73. The van der Waals surface area contributed by atoms with Gasteiger partial charge < -0.3 is 4.74 Å². The molecule has 1 atom stereocenters. The third-order valence-corrected chi connectivity index (χ3v) is 2.99. The Balaban J connectivity index is 2.63. The molecule has 0 aliphatic heterocycles. The summed E-state index contributed by atoms with van der Waals surface area (Å²) in [6.07, 6.45) is 1.25. The number of hydrogen-bond acceptors (Lipinski definition) is 1. The summed E-state index contributed by atoms with van der Waals surface area (Å²) < 4.78 is 5.57. The van der Waals surface area contributed by atoms with Gasteiger partial charge in [0.15, 0.2) is 0 Å². The van der Waals surface area contributed by atoms with Crippen LogP contribution in [0.15, 0.2) is 18.2 Å². The topological polar surface area (TPSA) is 9.23 Å². The first-order valence-electron chi connectivity index (χ1n) is 4.69. The normalized spacial score (nSPS) is 12.9. The largest absolute Gasteiger partial charge is 0.374 e. The van der Waals surface area contributed by atoms with Gasteiger partial charge in [0.05, 0.1) is 22.8 Å². The van der Waals surface area contributed by atoms with E-state index in [1.54, 1.807) is 6.07 Å². The molecule has 0 fully saturated rings. The number of rotatable bonds is 4. The second-order valence-corrected chi connectivity index (χ2v) is 4.03. The fourth-order valence-electron chi connectivity index (χ4n) is 1.01. The molecule has 0 radical (unpaired) electrons. The molecule has 0 aliphatic carbocycles. The van der Waals surface area contributed by atoms with Crippen LogP contribution in [0.3, 0.4) is 0 Å². The van der Waals surface area contributed by atoms with E-state index in [-0.39, 0.29) is 6.10 Å². The maximum absolute atomic E-state index is 6.01. The third-order valence-electron chi connectivity index (χ3n) is 2.13. The minimum absolute atomic E-state index is 0.255. The van der Waals surface area contributed by atoms with Crippen LogP contribution in [0.25, 0.3) is 0 Å². The van der Waals surface area contributed by atoms with Crippen LogP contribution in [0.2, 0.25) is 10.0 Å². The SMILES string of the molecule is CCC(C)OCc1cccc(Cl)c1Cl. The average molecular weight is 233 g/mol. The predicted molar refractivity (Wildman–Crippen MR) is 61.0 cm³/mol. The van der Waals surface area contributed by atoms with Crippen molar-refractivity contribution in [2.24, 2.45) is 0 Å². The summed E-state index contributed by atoms with van der Waals surface area (Å²) in [7, 11) is 0. The van der Waals surface area contributed by atoms with E-state index in [4.69, 9.17) is 27.9 Å². The van der Waals surface area contributed by atoms with Crippen molar-refractivity contribution >= 4 is 23.2 Å². The number of ether oxygens (including phenoxy) is 1. The van der Waals surface area contributed by atoms with Gasteiger partial charge in [0.25, 0.3) is 0 Å². The van der Waals surface area contributed by atoms with Crippen molar-refractivity contribution in [1.29, 1.82) is 0 Å². The lowest BCUT2D eigenvalue weighted by molar-refractivity contribution is 0.0509. The Bertz CT molecular complexity index is 299. The summed E-state index contributed by atoms with van der Waals surface area (Å²) in [4.78, 5) is 0. The van der Waals surface area contributed by atoms with Crippen molar-refractivity contribution in [3.8, 4) is 0 Å². The quantitative estimate of drug-likeness (QED) is 0.752. The van der Waals surface area contributed by atoms with Crippen LogP contribution >= 0.6 is 23.2 Å². The molecule has 1 unspecified atom stereocenters. The van der Waals surface area contributed by atoms with Gasteiger partial charge >= 0.3 is 0 Å². The standard InChI is InChI=1S/C11H14Cl2O/c1-3-8(2)14-7-9-5-4-6-10(12)11(9)13/h4-6,8H,3,7H2,1-2H3. The van der Waals surface area contributed by atoms with Gasteiger partial charge in [-0.1, -0.05) is 42.3 Å². The van der Waals surface area contributed by atoms with Gasteiger partial charge in [-0.25, -0.2) is 0 Å². The molecule has 0 aromatic heterocycles. The third kappa shape index (κ3) is 3.16. The van der Waals surface area contributed by atoms with E-state index >= 15 is 0 Å². The lowest BCUT2D eigenvalue weighted by Crippen LogP contribution is -2.06. The van der Waals surface area contributed by atoms with Crippen molar-refractivity contribution in [1.82, 2.24) is 0 Å². The minimum Gasteiger partial charge on any atom is -0.374 e. The van der Waals surface area contributed by atoms with Crippen LogP contribution in [-0.4, -0.2) is 6.10 Å². The highest BCUT2D eigenvalue weighted by molar-refractivity contribution is 6.42. The summed E-state index contributed by atoms with van der Waals surface area (Å²) in [5, 5.41) is 1.18. The van der Waals surface area contributed by atoms with Gasteiger partial charge in [0.1, 0.15) is 0 Å². The Labute approximate surface area is 95.0 Å². The van der Waals surface area contributed by atoms with E-state index < -0.39 is 0 Å². The number of benzene rings is 1. The number of halogens is 2. The van der Waals surface area contributed by atoms with Gasteiger partial charge in [-0.15, -0.1) is 0 Å². The fraction of sp³-hybridized carbons (Fsp3) is 0.455. The van der Waals surface area contributed by atoms with Gasteiger partial charge in [-0.3, -0.25) is 0 Å². The lowest BCUT2D eigenvalue weighted by Gasteiger charge is -2.11. The zero-order valence-electron chi connectivity index (χ0n) is 8.39. The Morgan fingerprint density at radius 2 is 2.07 bits per heavy atom. The molecule has 78 valence electrons. The molecule has 0 bridgehead atoms. The van der Waals surface area contributed by atoms with Crippen LogP contribution in [0, 0.1) is 0 Å². The Morgan fingerprint density at radius 3 is 2.71 bits per heavy atom. The van der Waals surface area contributed by atoms with Crippen molar-refractivity contribution in [3.05, 3.63) is 33.8 Å². The molecule has 3 heteroatoms. The zero-order chi connectivity index (χ0) is 10.6. The van der Waals surface area contributed by atoms with Gasteiger partial charge in [0.2, 0.25) is 0 Å². The zero-order valence-corrected chi connectivity index (χ0v) is 9.90. The van der Waals surface area contributed by atoms with Crippen LogP contribution in [0.1, 0.15) is 25.8 Å². The van der Waals surface area contributed by atoms with Crippen LogP contribution < -0.4 is 0 Å². The first-order chi connectivity index (χ1) is 6.65. The Morgan fingerprint density at radius 1 is 1.36 bits per heavy atom. The van der Waals surface area contributed by atoms with Crippen LogP contribution in [-0.2, 0) is 11.3 Å². The highest BCUT2D eigenvalue weighted by Gasteiger charge is 2.05. The monoisotopic (exact) mass is 232 g/mol. The highest BCUT2D eigenvalue weighted by atomic mass is 35.5. The molecule has 0 aliphatic rings. The van der Waals surface area contributed by atoms with Crippen molar-refractivity contribution in [3.63, 3.8) is 0 Å². The van der Waals surface area contributed by atoms with E-state index in [1.807, 2.05) is 19.1 Å². The molecule has 0 spiro atoms. The molecule has 1 aromatic carbocycles. The molecular weight excluding hydrogens is 219 g/mol. The van der Waals surface area contributed by atoms with Crippen molar-refractivity contribution in [2.75, 3.05) is 0 Å². The van der Waals surface area contributed by atoms with E-state index in [1.165, 1.54) is 0 Å². The van der Waals surface area contributed by atoms with E-state index in [0.29, 0.717) is 16.7 Å². The van der Waals surface area contributed by atoms with Gasteiger partial charge in [-0.2, -0.15) is 0 Å². The van der Waals surface area contributed by atoms with E-state index in [0.717, 1.165) is 12.0 Å². The lowest BCUT2D eigenvalue weighted by atomic mass is 10.2. The van der Waals surface area contributed by atoms with Crippen molar-refractivity contribution < 1.29 is 4.74 Å². The predicted octanol–water partition coefficient (Wildman–Crippen LogP) is 4.31. The summed E-state index contributed by atoms with van der Waals surface area (Å²) in [5.41, 5.74) is 0.944. The summed E-state index contributed by atoms with van der Waals surface area (Å²) >= 11 is 11.9. The first kappa shape index (κ1) is 11.8. The van der Waals surface area contributed by atoms with E-state index in [2.05, 4.69) is 6.92 Å². The van der Waals surface area contributed by atoms with Gasteiger partial charge in [-0.05, 0) is 25.0 Å². The summed E-state index contributed by atoms with van der Waals surface area (Å²) in [6, 6.07) is 5.58. The molecule has 14 heavy (non-hydrogen) atoms. The minimum atomic E-state index is 0.255. The number of hydrogen-bond donors (Lipinski definition) is 0. The second-order valence-electron chi connectivity index (χ2n) is 3.24. The first-order valence-corrected chi connectivity index (χ1v) is 5.45. The smallest absolute Gasteiger partial charge is 0.0735 e. The molecule has 0 saturated heterocycles. The molecule has 0 heterocycles.